The first-order valence-electron chi connectivity index (χ1n) is 7.93. The molecule has 0 spiro atoms. The first-order chi connectivity index (χ1) is 10.8. The Balaban J connectivity index is 0.00000156. The Morgan fingerprint density at radius 2 is 1.87 bits per heavy atom. The molecule has 2 aromatic carbocycles. The van der Waals surface area contributed by atoms with Crippen LogP contribution in [-0.4, -0.2) is 24.2 Å². The van der Waals surface area contributed by atoms with Gasteiger partial charge in [0.2, 0.25) is 0 Å². The maximum atomic E-state index is 6.30. The van der Waals surface area contributed by atoms with Gasteiger partial charge in [-0.3, -0.25) is 4.90 Å². The Labute approximate surface area is 153 Å². The van der Waals surface area contributed by atoms with Gasteiger partial charge in [-0.1, -0.05) is 29.8 Å². The van der Waals surface area contributed by atoms with Gasteiger partial charge in [-0.2, -0.15) is 0 Å². The molecule has 2 atom stereocenters. The number of thioether (sulfide) groups is 1. The van der Waals surface area contributed by atoms with E-state index < -0.39 is 0 Å². The van der Waals surface area contributed by atoms with Crippen LogP contribution in [0.1, 0.15) is 41.5 Å². The smallest absolute Gasteiger partial charge is 0.0409 e. The van der Waals surface area contributed by atoms with E-state index in [2.05, 4.69) is 53.6 Å². The van der Waals surface area contributed by atoms with Crippen molar-refractivity contribution in [2.24, 2.45) is 0 Å². The lowest BCUT2D eigenvalue weighted by Gasteiger charge is -2.37. The molecular weight excluding hydrogens is 345 g/mol. The van der Waals surface area contributed by atoms with Gasteiger partial charge in [0.1, 0.15) is 0 Å². The summed E-state index contributed by atoms with van der Waals surface area (Å²) in [5.74, 6) is 0.443. The summed E-state index contributed by atoms with van der Waals surface area (Å²) in [5, 5.41) is 0.857. The van der Waals surface area contributed by atoms with Gasteiger partial charge in [0.25, 0.3) is 0 Å². The molecular formula is C19H21Cl2NS. The van der Waals surface area contributed by atoms with Crippen LogP contribution in [0.4, 0.5) is 0 Å². The lowest BCUT2D eigenvalue weighted by atomic mass is 9.82. The van der Waals surface area contributed by atoms with E-state index in [4.69, 9.17) is 11.6 Å². The van der Waals surface area contributed by atoms with Crippen molar-refractivity contribution in [1.29, 1.82) is 0 Å². The molecule has 23 heavy (non-hydrogen) atoms. The molecule has 1 fully saturated rings. The van der Waals surface area contributed by atoms with Gasteiger partial charge in [-0.25, -0.2) is 0 Å². The Hall–Kier alpha value is -0.670. The van der Waals surface area contributed by atoms with Crippen molar-refractivity contribution in [1.82, 2.24) is 4.90 Å². The number of nitrogens with zero attached hydrogens (tertiary/aromatic N) is 1. The van der Waals surface area contributed by atoms with Crippen LogP contribution < -0.4 is 0 Å². The fraction of sp³-hybridized carbons (Fsp3) is 0.368. The molecule has 1 nitrogen and oxygen atoms in total. The summed E-state index contributed by atoms with van der Waals surface area (Å²) in [6, 6.07) is 16.2. The summed E-state index contributed by atoms with van der Waals surface area (Å²) in [7, 11) is 0. The molecule has 2 aliphatic heterocycles. The van der Waals surface area contributed by atoms with Crippen molar-refractivity contribution < 1.29 is 0 Å². The fourth-order valence-corrected chi connectivity index (χ4v) is 4.59. The topological polar surface area (TPSA) is 3.24 Å². The van der Waals surface area contributed by atoms with Crippen LogP contribution in [0.5, 0.6) is 0 Å². The Morgan fingerprint density at radius 3 is 2.61 bits per heavy atom. The minimum Gasteiger partial charge on any atom is -0.295 e. The second kappa shape index (κ2) is 7.06. The van der Waals surface area contributed by atoms with Gasteiger partial charge < -0.3 is 0 Å². The van der Waals surface area contributed by atoms with Crippen molar-refractivity contribution in [3.05, 3.63) is 64.2 Å². The quantitative estimate of drug-likeness (QED) is 0.621. The number of hydrogen-bond donors (Lipinski definition) is 0. The van der Waals surface area contributed by atoms with E-state index in [9.17, 15) is 0 Å². The first-order valence-corrected chi connectivity index (χ1v) is 9.54. The van der Waals surface area contributed by atoms with Gasteiger partial charge in [0.05, 0.1) is 0 Å². The molecule has 0 N–H and O–H groups in total. The number of fused-ring (bicyclic) bond motifs is 3. The lowest BCUT2D eigenvalue weighted by molar-refractivity contribution is 0.230. The summed E-state index contributed by atoms with van der Waals surface area (Å²) in [4.78, 5) is 3.98. The Bertz CT molecular complexity index is 686. The van der Waals surface area contributed by atoms with E-state index in [0.717, 1.165) is 11.6 Å². The Morgan fingerprint density at radius 1 is 1.09 bits per heavy atom. The van der Waals surface area contributed by atoms with Crippen LogP contribution in [0.15, 0.2) is 47.4 Å². The van der Waals surface area contributed by atoms with E-state index in [1.54, 1.807) is 11.8 Å². The molecule has 0 radical (unpaired) electrons. The molecule has 4 heteroatoms. The highest BCUT2D eigenvalue weighted by Gasteiger charge is 2.36. The maximum Gasteiger partial charge on any atom is 0.0409 e. The van der Waals surface area contributed by atoms with E-state index >= 15 is 0 Å². The first kappa shape index (κ1) is 17.2. The van der Waals surface area contributed by atoms with Gasteiger partial charge >= 0.3 is 0 Å². The zero-order valence-electron chi connectivity index (χ0n) is 13.2. The average Bonchev–Trinajstić information content (AvgIpc) is 3.02. The standard InChI is InChI=1S/C19H20ClNS.ClH/c1-22-15-7-4-13(5-8-15)18-12-21-10-2-3-19(21)16-9-6-14(20)11-17(16)18;/h4-9,11,18-19H,2-3,10,12H2,1H3;1H. The predicted molar refractivity (Wildman–Crippen MR) is 102 cm³/mol. The summed E-state index contributed by atoms with van der Waals surface area (Å²) in [5.41, 5.74) is 4.34. The molecule has 1 saturated heterocycles. The number of rotatable bonds is 2. The highest BCUT2D eigenvalue weighted by atomic mass is 35.5. The van der Waals surface area contributed by atoms with Crippen molar-refractivity contribution >= 4 is 35.8 Å². The normalized spacial score (nSPS) is 23.0. The van der Waals surface area contributed by atoms with Crippen molar-refractivity contribution in [2.45, 2.75) is 29.7 Å². The third-order valence-electron chi connectivity index (χ3n) is 5.08. The zero-order chi connectivity index (χ0) is 15.1. The van der Waals surface area contributed by atoms with Crippen LogP contribution in [0, 0.1) is 0 Å². The molecule has 0 bridgehead atoms. The summed E-state index contributed by atoms with van der Waals surface area (Å²) in [6.07, 6.45) is 4.72. The molecule has 4 rings (SSSR count). The van der Waals surface area contributed by atoms with Gasteiger partial charge in [0.15, 0.2) is 0 Å². The fourth-order valence-electron chi connectivity index (χ4n) is 4.00. The summed E-state index contributed by atoms with van der Waals surface area (Å²) >= 11 is 8.10. The van der Waals surface area contributed by atoms with Crippen LogP contribution in [-0.2, 0) is 0 Å². The molecule has 0 aliphatic carbocycles. The molecule has 2 unspecified atom stereocenters. The zero-order valence-corrected chi connectivity index (χ0v) is 15.6. The monoisotopic (exact) mass is 365 g/mol. The van der Waals surface area contributed by atoms with E-state index in [0.29, 0.717) is 12.0 Å². The summed E-state index contributed by atoms with van der Waals surface area (Å²) in [6.45, 7) is 2.35. The molecule has 0 saturated carbocycles. The second-order valence-corrected chi connectivity index (χ2v) is 7.57. The van der Waals surface area contributed by atoms with E-state index in [1.165, 1.54) is 41.0 Å². The maximum absolute atomic E-state index is 6.30. The van der Waals surface area contributed by atoms with Crippen LogP contribution in [0.2, 0.25) is 5.02 Å². The van der Waals surface area contributed by atoms with Gasteiger partial charge in [-0.15, -0.1) is 24.2 Å². The Kier molecular flexibility index (Phi) is 5.27. The molecule has 2 aromatic rings. The largest absolute Gasteiger partial charge is 0.295 e. The minimum atomic E-state index is 0. The highest BCUT2D eigenvalue weighted by molar-refractivity contribution is 7.98. The van der Waals surface area contributed by atoms with E-state index in [-0.39, 0.29) is 12.4 Å². The van der Waals surface area contributed by atoms with Crippen LogP contribution in [0.25, 0.3) is 0 Å². The SMILES string of the molecule is CSc1ccc(C2CN3CCCC3c3ccc(Cl)cc32)cc1.Cl. The molecule has 2 heterocycles. The van der Waals surface area contributed by atoms with Crippen molar-refractivity contribution in [3.8, 4) is 0 Å². The van der Waals surface area contributed by atoms with Gasteiger partial charge in [-0.05, 0) is 66.6 Å². The number of halogens is 2. The average molecular weight is 366 g/mol. The highest BCUT2D eigenvalue weighted by Crippen LogP contribution is 2.45. The number of benzene rings is 2. The third kappa shape index (κ3) is 3.15. The third-order valence-corrected chi connectivity index (χ3v) is 6.06. The summed E-state index contributed by atoms with van der Waals surface area (Å²) < 4.78 is 0. The van der Waals surface area contributed by atoms with Crippen molar-refractivity contribution in [3.63, 3.8) is 0 Å². The number of hydrogen-bond acceptors (Lipinski definition) is 2. The molecule has 0 amide bonds. The second-order valence-electron chi connectivity index (χ2n) is 6.25. The molecule has 122 valence electrons. The van der Waals surface area contributed by atoms with E-state index in [1.807, 2.05) is 0 Å². The molecule has 0 aromatic heterocycles. The minimum absolute atomic E-state index is 0. The van der Waals surface area contributed by atoms with Crippen LogP contribution in [0.3, 0.4) is 0 Å². The predicted octanol–water partition coefficient (Wildman–Crippen LogP) is 5.77. The molecule has 2 aliphatic rings. The lowest BCUT2D eigenvalue weighted by Crippen LogP contribution is -2.34. The van der Waals surface area contributed by atoms with Gasteiger partial charge in [0, 0.05) is 28.4 Å². The van der Waals surface area contributed by atoms with Crippen molar-refractivity contribution in [2.75, 3.05) is 19.3 Å². The van der Waals surface area contributed by atoms with Crippen LogP contribution >= 0.6 is 35.8 Å².